The number of nitrogens with zero attached hydrogens (tertiary/aromatic N) is 3. The number of hydrogen-bond donors (Lipinski definition) is 0. The molecule has 0 aromatic carbocycles. The van der Waals surface area contributed by atoms with Crippen molar-refractivity contribution >= 4 is 5.65 Å². The first-order valence-electron chi connectivity index (χ1n) is 5.18. The van der Waals surface area contributed by atoms with Crippen LogP contribution in [0.3, 0.4) is 0 Å². The second kappa shape index (κ2) is 3.45. The van der Waals surface area contributed by atoms with Gasteiger partial charge in [-0.1, -0.05) is 6.07 Å². The maximum Gasteiger partial charge on any atom is 0.139 e. The Hall–Kier alpha value is -2.16. The average molecular weight is 209 g/mol. The standard InChI is InChI=1S/C13H11N3/c1-10-7-12(11-3-2-4-14-8-11)9-16-6-5-15-13(10)16/h2-9H,1H3. The second-order valence-corrected chi connectivity index (χ2v) is 3.81. The van der Waals surface area contributed by atoms with E-state index >= 15 is 0 Å². The minimum absolute atomic E-state index is 1.01. The molecule has 0 aliphatic rings. The topological polar surface area (TPSA) is 30.2 Å². The van der Waals surface area contributed by atoms with Crippen molar-refractivity contribution in [2.75, 3.05) is 0 Å². The Bertz CT molecular complexity index is 626. The maximum absolute atomic E-state index is 4.30. The lowest BCUT2D eigenvalue weighted by Gasteiger charge is -2.04. The van der Waals surface area contributed by atoms with Crippen LogP contribution in [0.25, 0.3) is 16.8 Å². The molecule has 0 atom stereocenters. The third-order valence-corrected chi connectivity index (χ3v) is 2.67. The summed E-state index contributed by atoms with van der Waals surface area (Å²) in [7, 11) is 0. The van der Waals surface area contributed by atoms with Crippen molar-refractivity contribution in [1.29, 1.82) is 0 Å². The molecular formula is C13H11N3. The van der Waals surface area contributed by atoms with Gasteiger partial charge in [-0.15, -0.1) is 0 Å². The quantitative estimate of drug-likeness (QED) is 0.616. The molecule has 0 aliphatic carbocycles. The largest absolute Gasteiger partial charge is 0.306 e. The van der Waals surface area contributed by atoms with E-state index in [-0.39, 0.29) is 0 Å². The predicted octanol–water partition coefficient (Wildman–Crippen LogP) is 2.70. The molecule has 3 heterocycles. The summed E-state index contributed by atoms with van der Waals surface area (Å²) in [4.78, 5) is 8.43. The average Bonchev–Trinajstić information content (AvgIpc) is 2.79. The monoisotopic (exact) mass is 209 g/mol. The van der Waals surface area contributed by atoms with Gasteiger partial charge in [0.05, 0.1) is 0 Å². The fourth-order valence-electron chi connectivity index (χ4n) is 1.90. The molecule has 0 amide bonds. The Morgan fingerprint density at radius 3 is 2.94 bits per heavy atom. The van der Waals surface area contributed by atoms with Crippen molar-refractivity contribution in [3.63, 3.8) is 0 Å². The molecule has 0 fully saturated rings. The zero-order chi connectivity index (χ0) is 11.0. The van der Waals surface area contributed by atoms with E-state index in [1.54, 1.807) is 6.20 Å². The van der Waals surface area contributed by atoms with Crippen LogP contribution in [0.4, 0.5) is 0 Å². The van der Waals surface area contributed by atoms with Gasteiger partial charge in [0.25, 0.3) is 0 Å². The van der Waals surface area contributed by atoms with E-state index in [2.05, 4.69) is 35.2 Å². The third kappa shape index (κ3) is 1.37. The number of fused-ring (bicyclic) bond motifs is 1. The van der Waals surface area contributed by atoms with Crippen molar-refractivity contribution in [2.24, 2.45) is 0 Å². The third-order valence-electron chi connectivity index (χ3n) is 2.67. The lowest BCUT2D eigenvalue weighted by atomic mass is 10.1. The van der Waals surface area contributed by atoms with Crippen molar-refractivity contribution < 1.29 is 0 Å². The van der Waals surface area contributed by atoms with Crippen LogP contribution in [0.15, 0.2) is 49.2 Å². The van der Waals surface area contributed by atoms with Crippen molar-refractivity contribution in [3.8, 4) is 11.1 Å². The molecule has 0 aliphatic heterocycles. The molecule has 0 N–H and O–H groups in total. The molecular weight excluding hydrogens is 198 g/mol. The van der Waals surface area contributed by atoms with Gasteiger partial charge >= 0.3 is 0 Å². The molecule has 0 unspecified atom stereocenters. The molecule has 0 bridgehead atoms. The number of aromatic nitrogens is 3. The molecule has 3 aromatic rings. The minimum atomic E-state index is 1.01. The lowest BCUT2D eigenvalue weighted by Crippen LogP contribution is -1.90. The van der Waals surface area contributed by atoms with Gasteiger partial charge in [-0.25, -0.2) is 4.98 Å². The Kier molecular flexibility index (Phi) is 1.96. The van der Waals surface area contributed by atoms with Crippen LogP contribution in [0.2, 0.25) is 0 Å². The molecule has 3 nitrogen and oxygen atoms in total. The minimum Gasteiger partial charge on any atom is -0.306 e. The van der Waals surface area contributed by atoms with Gasteiger partial charge in [0.2, 0.25) is 0 Å². The van der Waals surface area contributed by atoms with E-state index < -0.39 is 0 Å². The van der Waals surface area contributed by atoms with Crippen LogP contribution >= 0.6 is 0 Å². The van der Waals surface area contributed by atoms with E-state index in [9.17, 15) is 0 Å². The summed E-state index contributed by atoms with van der Waals surface area (Å²) in [5, 5.41) is 0. The highest BCUT2D eigenvalue weighted by atomic mass is 15.0. The SMILES string of the molecule is Cc1cc(-c2cccnc2)cn2ccnc12. The number of imidazole rings is 1. The van der Waals surface area contributed by atoms with Crippen LogP contribution in [-0.2, 0) is 0 Å². The first-order valence-corrected chi connectivity index (χ1v) is 5.18. The van der Waals surface area contributed by atoms with Crippen LogP contribution in [0, 0.1) is 6.92 Å². The molecule has 16 heavy (non-hydrogen) atoms. The number of rotatable bonds is 1. The second-order valence-electron chi connectivity index (χ2n) is 3.81. The Balaban J connectivity index is 2.25. The Labute approximate surface area is 93.4 Å². The fourth-order valence-corrected chi connectivity index (χ4v) is 1.90. The van der Waals surface area contributed by atoms with Crippen molar-refractivity contribution in [3.05, 3.63) is 54.7 Å². The summed E-state index contributed by atoms with van der Waals surface area (Å²) in [5.41, 5.74) is 4.47. The van der Waals surface area contributed by atoms with Crippen LogP contribution in [0.5, 0.6) is 0 Å². The van der Waals surface area contributed by atoms with Gasteiger partial charge in [0.15, 0.2) is 0 Å². The summed E-state index contributed by atoms with van der Waals surface area (Å²) in [6.07, 6.45) is 9.51. The van der Waals surface area contributed by atoms with Gasteiger partial charge in [0, 0.05) is 42.1 Å². The van der Waals surface area contributed by atoms with Gasteiger partial charge in [-0.3, -0.25) is 4.98 Å². The highest BCUT2D eigenvalue weighted by molar-refractivity contribution is 5.65. The highest BCUT2D eigenvalue weighted by Crippen LogP contribution is 2.21. The summed E-state index contributed by atoms with van der Waals surface area (Å²) in [6, 6.07) is 6.15. The van der Waals surface area contributed by atoms with E-state index in [0.29, 0.717) is 0 Å². The molecule has 3 heteroatoms. The van der Waals surface area contributed by atoms with Crippen LogP contribution in [0.1, 0.15) is 5.56 Å². The molecule has 0 spiro atoms. The summed E-state index contributed by atoms with van der Waals surface area (Å²) in [6.45, 7) is 2.07. The van der Waals surface area contributed by atoms with Gasteiger partial charge < -0.3 is 4.40 Å². The zero-order valence-electron chi connectivity index (χ0n) is 8.96. The molecule has 0 radical (unpaired) electrons. The highest BCUT2D eigenvalue weighted by Gasteiger charge is 2.03. The molecule has 0 saturated carbocycles. The molecule has 3 aromatic heterocycles. The van der Waals surface area contributed by atoms with E-state index in [0.717, 1.165) is 16.8 Å². The van der Waals surface area contributed by atoms with Crippen molar-refractivity contribution in [2.45, 2.75) is 6.92 Å². The van der Waals surface area contributed by atoms with Gasteiger partial charge in [0.1, 0.15) is 5.65 Å². The van der Waals surface area contributed by atoms with E-state index in [1.807, 2.05) is 29.1 Å². The maximum atomic E-state index is 4.30. The van der Waals surface area contributed by atoms with Gasteiger partial charge in [-0.2, -0.15) is 0 Å². The van der Waals surface area contributed by atoms with Crippen molar-refractivity contribution in [1.82, 2.24) is 14.4 Å². The zero-order valence-corrected chi connectivity index (χ0v) is 8.96. The molecule has 0 saturated heterocycles. The molecule has 3 rings (SSSR count). The first-order chi connectivity index (χ1) is 7.84. The normalized spacial score (nSPS) is 10.8. The summed E-state index contributed by atoms with van der Waals surface area (Å²) >= 11 is 0. The first kappa shape index (κ1) is 9.09. The van der Waals surface area contributed by atoms with Gasteiger partial charge in [-0.05, 0) is 24.6 Å². The molecule has 78 valence electrons. The lowest BCUT2D eigenvalue weighted by molar-refractivity contribution is 1.16. The van der Waals surface area contributed by atoms with Crippen LogP contribution < -0.4 is 0 Å². The van der Waals surface area contributed by atoms with E-state index in [1.165, 1.54) is 5.56 Å². The Morgan fingerprint density at radius 2 is 2.12 bits per heavy atom. The predicted molar refractivity (Wildman–Crippen MR) is 63.2 cm³/mol. The Morgan fingerprint density at radius 1 is 1.19 bits per heavy atom. The summed E-state index contributed by atoms with van der Waals surface area (Å²) < 4.78 is 2.04. The number of pyridine rings is 2. The fraction of sp³-hybridized carbons (Fsp3) is 0.0769. The van der Waals surface area contributed by atoms with E-state index in [4.69, 9.17) is 0 Å². The summed E-state index contributed by atoms with van der Waals surface area (Å²) in [5.74, 6) is 0. The number of hydrogen-bond acceptors (Lipinski definition) is 2. The van der Waals surface area contributed by atoms with Crippen LogP contribution in [-0.4, -0.2) is 14.4 Å². The smallest absolute Gasteiger partial charge is 0.139 e. The number of aryl methyl sites for hydroxylation is 1.